The third-order valence-electron chi connectivity index (χ3n) is 3.66. The van der Waals surface area contributed by atoms with E-state index >= 15 is 0 Å². The van der Waals surface area contributed by atoms with E-state index in [9.17, 15) is 4.79 Å². The molecule has 102 valence electrons. The lowest BCUT2D eigenvalue weighted by atomic mass is 9.82. The van der Waals surface area contributed by atoms with Crippen LogP contribution in [0.2, 0.25) is 0 Å². The average Bonchev–Trinajstić information content (AvgIpc) is 2.35. The predicted octanol–water partition coefficient (Wildman–Crippen LogP) is 3.49. The maximum atomic E-state index is 10.7. The SMILES string of the molecule is CCC(C#N)(CC)NC(C)=O.Cc1cc2cc(C)c1-2. The van der Waals surface area contributed by atoms with Gasteiger partial charge in [-0.05, 0) is 48.9 Å². The summed E-state index contributed by atoms with van der Waals surface area (Å²) >= 11 is 0. The van der Waals surface area contributed by atoms with Crippen LogP contribution in [0.15, 0.2) is 12.1 Å². The minimum Gasteiger partial charge on any atom is -0.338 e. The summed E-state index contributed by atoms with van der Waals surface area (Å²) in [4.78, 5) is 10.7. The Bertz CT molecular complexity index is 499. The summed E-state index contributed by atoms with van der Waals surface area (Å²) in [6.45, 7) is 9.54. The van der Waals surface area contributed by atoms with Crippen molar-refractivity contribution in [2.24, 2.45) is 0 Å². The van der Waals surface area contributed by atoms with Gasteiger partial charge in [-0.25, -0.2) is 0 Å². The van der Waals surface area contributed by atoms with Gasteiger partial charge in [0.05, 0.1) is 6.07 Å². The van der Waals surface area contributed by atoms with Gasteiger partial charge < -0.3 is 5.32 Å². The van der Waals surface area contributed by atoms with Gasteiger partial charge in [0.1, 0.15) is 5.54 Å². The number of aryl methyl sites for hydroxylation is 2. The zero-order valence-corrected chi connectivity index (χ0v) is 12.4. The molecule has 2 aliphatic carbocycles. The van der Waals surface area contributed by atoms with Crippen LogP contribution in [0, 0.1) is 25.2 Å². The first-order valence-corrected chi connectivity index (χ1v) is 6.70. The second-order valence-electron chi connectivity index (χ2n) is 5.07. The Kier molecular flexibility index (Phi) is 4.72. The van der Waals surface area contributed by atoms with Crippen molar-refractivity contribution in [1.29, 1.82) is 5.26 Å². The van der Waals surface area contributed by atoms with Crippen LogP contribution >= 0.6 is 0 Å². The highest BCUT2D eigenvalue weighted by Gasteiger charge is 2.25. The number of carbonyl (C=O) groups excluding carboxylic acids is 1. The van der Waals surface area contributed by atoms with Crippen molar-refractivity contribution < 1.29 is 4.79 Å². The molecule has 0 aromatic heterocycles. The highest BCUT2D eigenvalue weighted by atomic mass is 16.1. The first-order chi connectivity index (χ1) is 8.89. The minimum absolute atomic E-state index is 0.143. The zero-order valence-electron chi connectivity index (χ0n) is 12.4. The second-order valence-corrected chi connectivity index (χ2v) is 5.07. The van der Waals surface area contributed by atoms with Gasteiger partial charge in [0.15, 0.2) is 0 Å². The standard InChI is InChI=1S/C8H14N2O.C8H8/c1-4-8(5-2,6-9)10-7(3)11;1-5-3-7-4-6(2)8(5)7/h4-5H2,1-3H3,(H,10,11);3-4H,1-2H3. The fourth-order valence-corrected chi connectivity index (χ4v) is 2.36. The number of fused-ring (bicyclic) bond motifs is 1. The maximum absolute atomic E-state index is 10.7. The summed E-state index contributed by atoms with van der Waals surface area (Å²) in [5.74, 6) is -0.143. The number of amides is 1. The predicted molar refractivity (Wildman–Crippen MR) is 77.7 cm³/mol. The number of hydrogen-bond acceptors (Lipinski definition) is 2. The van der Waals surface area contributed by atoms with Crippen LogP contribution in [0.4, 0.5) is 0 Å². The van der Waals surface area contributed by atoms with Gasteiger partial charge >= 0.3 is 0 Å². The molecule has 0 atom stereocenters. The van der Waals surface area contributed by atoms with E-state index in [0.29, 0.717) is 12.8 Å². The van der Waals surface area contributed by atoms with Gasteiger partial charge in [-0.1, -0.05) is 26.0 Å². The highest BCUT2D eigenvalue weighted by Crippen LogP contribution is 2.39. The van der Waals surface area contributed by atoms with E-state index < -0.39 is 5.54 Å². The number of carbonyl (C=O) groups is 1. The molecule has 0 aliphatic heterocycles. The van der Waals surface area contributed by atoms with Crippen LogP contribution in [0.25, 0.3) is 11.1 Å². The van der Waals surface area contributed by atoms with E-state index in [1.54, 1.807) is 0 Å². The molecular weight excluding hydrogens is 236 g/mol. The Morgan fingerprint density at radius 1 is 1.26 bits per heavy atom. The van der Waals surface area contributed by atoms with Gasteiger partial charge in [0, 0.05) is 6.92 Å². The molecule has 0 bridgehead atoms. The van der Waals surface area contributed by atoms with Crippen molar-refractivity contribution in [3.8, 4) is 17.2 Å². The molecule has 1 N–H and O–H groups in total. The summed E-state index contributed by atoms with van der Waals surface area (Å²) in [6.07, 6.45) is 1.30. The van der Waals surface area contributed by atoms with E-state index in [1.807, 2.05) is 13.8 Å². The Morgan fingerprint density at radius 2 is 1.74 bits per heavy atom. The lowest BCUT2D eigenvalue weighted by Crippen LogP contribution is -2.45. The van der Waals surface area contributed by atoms with E-state index in [0.717, 1.165) is 0 Å². The van der Waals surface area contributed by atoms with Crippen LogP contribution in [0.1, 0.15) is 44.7 Å². The van der Waals surface area contributed by atoms with Crippen molar-refractivity contribution in [3.63, 3.8) is 0 Å². The maximum Gasteiger partial charge on any atom is 0.218 e. The molecule has 0 heterocycles. The van der Waals surface area contributed by atoms with Gasteiger partial charge in [-0.3, -0.25) is 4.79 Å². The molecule has 0 unspecified atom stereocenters. The quantitative estimate of drug-likeness (QED) is 0.916. The first kappa shape index (κ1) is 15.2. The zero-order chi connectivity index (χ0) is 14.6. The molecule has 3 nitrogen and oxygen atoms in total. The van der Waals surface area contributed by atoms with Crippen molar-refractivity contribution in [3.05, 3.63) is 23.3 Å². The summed E-state index contributed by atoms with van der Waals surface area (Å²) in [7, 11) is 0. The summed E-state index contributed by atoms with van der Waals surface area (Å²) in [5.41, 5.74) is 5.25. The Hall–Kier alpha value is -1.82. The number of rotatable bonds is 3. The first-order valence-electron chi connectivity index (χ1n) is 6.70. The number of nitrogens with one attached hydrogen (secondary N) is 1. The Labute approximate surface area is 115 Å². The topological polar surface area (TPSA) is 52.9 Å². The minimum atomic E-state index is -0.647. The van der Waals surface area contributed by atoms with Crippen LogP contribution in [-0.4, -0.2) is 11.4 Å². The summed E-state index contributed by atoms with van der Waals surface area (Å²) in [5, 5.41) is 11.4. The molecule has 1 amide bonds. The molecule has 0 aromatic rings. The normalized spacial score (nSPS) is 10.9. The van der Waals surface area contributed by atoms with Gasteiger partial charge in [0.2, 0.25) is 5.91 Å². The molecule has 0 saturated heterocycles. The molecule has 0 fully saturated rings. The Balaban J connectivity index is 0.000000196. The fourth-order valence-electron chi connectivity index (χ4n) is 2.36. The van der Waals surface area contributed by atoms with Gasteiger partial charge in [-0.2, -0.15) is 5.26 Å². The van der Waals surface area contributed by atoms with Crippen LogP contribution < -0.4 is 5.32 Å². The van der Waals surface area contributed by atoms with E-state index in [-0.39, 0.29) is 5.91 Å². The molecule has 0 aromatic carbocycles. The molecule has 19 heavy (non-hydrogen) atoms. The Morgan fingerprint density at radius 3 is 1.84 bits per heavy atom. The molecule has 3 heteroatoms. The van der Waals surface area contributed by atoms with E-state index in [2.05, 4.69) is 37.4 Å². The molecular formula is C16H22N2O. The van der Waals surface area contributed by atoms with Crippen molar-refractivity contribution >= 4 is 5.91 Å². The molecule has 2 aliphatic rings. The lowest BCUT2D eigenvalue weighted by Gasteiger charge is -2.23. The van der Waals surface area contributed by atoms with Crippen LogP contribution in [-0.2, 0) is 4.79 Å². The number of nitriles is 1. The third kappa shape index (κ3) is 3.14. The third-order valence-corrected chi connectivity index (χ3v) is 3.66. The fraction of sp³-hybridized carbons (Fsp3) is 0.500. The van der Waals surface area contributed by atoms with Crippen molar-refractivity contribution in [2.75, 3.05) is 0 Å². The lowest BCUT2D eigenvalue weighted by molar-refractivity contribution is -0.120. The van der Waals surface area contributed by atoms with Crippen LogP contribution in [0.5, 0.6) is 0 Å². The smallest absolute Gasteiger partial charge is 0.218 e. The van der Waals surface area contributed by atoms with Gasteiger partial charge in [0.25, 0.3) is 0 Å². The van der Waals surface area contributed by atoms with E-state index in [1.165, 1.54) is 29.2 Å². The molecule has 0 radical (unpaired) electrons. The largest absolute Gasteiger partial charge is 0.338 e. The van der Waals surface area contributed by atoms with Gasteiger partial charge in [-0.15, -0.1) is 0 Å². The van der Waals surface area contributed by atoms with Crippen LogP contribution in [0.3, 0.4) is 0 Å². The molecule has 0 spiro atoms. The second kappa shape index (κ2) is 5.88. The number of benzene rings is 1. The molecule has 0 saturated carbocycles. The monoisotopic (exact) mass is 258 g/mol. The van der Waals surface area contributed by atoms with Crippen molar-refractivity contribution in [2.45, 2.75) is 53.0 Å². The molecule has 2 rings (SSSR count). The van der Waals surface area contributed by atoms with Crippen molar-refractivity contribution in [1.82, 2.24) is 5.32 Å². The number of nitrogens with zero attached hydrogens (tertiary/aromatic N) is 1. The number of hydrogen-bond donors (Lipinski definition) is 1. The summed E-state index contributed by atoms with van der Waals surface area (Å²) < 4.78 is 0. The van der Waals surface area contributed by atoms with E-state index in [4.69, 9.17) is 5.26 Å². The highest BCUT2D eigenvalue weighted by molar-refractivity contribution is 5.84. The summed E-state index contributed by atoms with van der Waals surface area (Å²) in [6, 6.07) is 6.56. The average molecular weight is 258 g/mol.